The predicted molar refractivity (Wildman–Crippen MR) is 75.5 cm³/mol. The average Bonchev–Trinajstić information content (AvgIpc) is 2.73. The van der Waals surface area contributed by atoms with Gasteiger partial charge in [-0.05, 0) is 19.1 Å². The molecule has 0 fully saturated rings. The number of aromatic nitrogens is 2. The van der Waals surface area contributed by atoms with E-state index >= 15 is 0 Å². The number of primary amides is 1. The van der Waals surface area contributed by atoms with E-state index < -0.39 is 5.91 Å². The van der Waals surface area contributed by atoms with Gasteiger partial charge in [0.2, 0.25) is 5.95 Å². The Morgan fingerprint density at radius 1 is 1.50 bits per heavy atom. The minimum Gasteiger partial charge on any atom is -0.483 e. The van der Waals surface area contributed by atoms with Crippen LogP contribution in [0, 0.1) is 6.92 Å². The maximum Gasteiger partial charge on any atom is 0.255 e. The van der Waals surface area contributed by atoms with Crippen LogP contribution in [0.5, 0.6) is 5.75 Å². The quantitative estimate of drug-likeness (QED) is 0.774. The summed E-state index contributed by atoms with van der Waals surface area (Å²) in [5.74, 6) is 0.283. The third-order valence-electron chi connectivity index (χ3n) is 2.44. The number of hydrogen-bond acceptors (Lipinski definition) is 5. The van der Waals surface area contributed by atoms with Gasteiger partial charge in [0.05, 0.1) is 18.1 Å². The number of carbonyl (C=O) groups is 1. The summed E-state index contributed by atoms with van der Waals surface area (Å²) in [4.78, 5) is 14.8. The highest BCUT2D eigenvalue weighted by molar-refractivity contribution is 5.84. The fraction of sp³-hybridized carbons (Fsp3) is 0.154. The second kappa shape index (κ2) is 5.87. The van der Waals surface area contributed by atoms with Crippen molar-refractivity contribution in [1.29, 1.82) is 0 Å². The molecule has 0 aliphatic heterocycles. The number of nitrogen functional groups attached to an aromatic ring is 1. The molecule has 7 nitrogen and oxygen atoms in total. The molecule has 20 heavy (non-hydrogen) atoms. The second-order valence-corrected chi connectivity index (χ2v) is 4.12. The van der Waals surface area contributed by atoms with Crippen molar-refractivity contribution in [3.05, 3.63) is 41.7 Å². The van der Waals surface area contributed by atoms with E-state index in [0.29, 0.717) is 17.3 Å². The van der Waals surface area contributed by atoms with Crippen LogP contribution in [-0.4, -0.2) is 28.4 Å². The molecule has 0 aliphatic rings. The molecule has 1 aromatic carbocycles. The van der Waals surface area contributed by atoms with Gasteiger partial charge in [0, 0.05) is 5.56 Å². The van der Waals surface area contributed by atoms with Crippen LogP contribution in [-0.2, 0) is 4.79 Å². The standard InChI is InChI=1S/C13H15N5O2/c1-9-7-18(13(15)17-9)16-6-10-4-2-3-5-11(10)20-8-12(14)19/h2-7H,8H2,1H3,(H2,14,19)(H2,15,17). The van der Waals surface area contributed by atoms with E-state index in [1.807, 2.05) is 13.0 Å². The summed E-state index contributed by atoms with van der Waals surface area (Å²) in [6.45, 7) is 1.64. The van der Waals surface area contributed by atoms with Gasteiger partial charge in [0.15, 0.2) is 6.61 Å². The molecule has 2 rings (SSSR count). The summed E-state index contributed by atoms with van der Waals surface area (Å²) in [5, 5.41) is 4.19. The van der Waals surface area contributed by atoms with E-state index in [4.69, 9.17) is 16.2 Å². The maximum absolute atomic E-state index is 10.7. The summed E-state index contributed by atoms with van der Waals surface area (Å²) in [5.41, 5.74) is 12.2. The molecular weight excluding hydrogens is 258 g/mol. The molecule has 4 N–H and O–H groups in total. The number of anilines is 1. The zero-order valence-electron chi connectivity index (χ0n) is 11.0. The van der Waals surface area contributed by atoms with E-state index in [1.54, 1.807) is 30.6 Å². The van der Waals surface area contributed by atoms with Crippen LogP contribution in [0.25, 0.3) is 0 Å². The highest BCUT2D eigenvalue weighted by Crippen LogP contribution is 2.16. The van der Waals surface area contributed by atoms with Crippen LogP contribution in [0.15, 0.2) is 35.6 Å². The first-order chi connectivity index (χ1) is 9.56. The molecule has 1 heterocycles. The van der Waals surface area contributed by atoms with E-state index in [2.05, 4.69) is 10.1 Å². The first-order valence-corrected chi connectivity index (χ1v) is 5.92. The Labute approximate surface area is 115 Å². The first kappa shape index (κ1) is 13.6. The van der Waals surface area contributed by atoms with Gasteiger partial charge in [0.25, 0.3) is 5.91 Å². The van der Waals surface area contributed by atoms with Gasteiger partial charge in [-0.2, -0.15) is 5.10 Å². The Morgan fingerprint density at radius 2 is 2.25 bits per heavy atom. The number of aryl methyl sites for hydroxylation is 1. The third-order valence-corrected chi connectivity index (χ3v) is 2.44. The largest absolute Gasteiger partial charge is 0.483 e. The van der Waals surface area contributed by atoms with E-state index in [-0.39, 0.29) is 6.61 Å². The van der Waals surface area contributed by atoms with Crippen molar-refractivity contribution >= 4 is 18.1 Å². The molecule has 1 amide bonds. The third kappa shape index (κ3) is 3.35. The van der Waals surface area contributed by atoms with Crippen molar-refractivity contribution in [2.45, 2.75) is 6.92 Å². The van der Waals surface area contributed by atoms with Gasteiger partial charge in [-0.25, -0.2) is 9.66 Å². The van der Waals surface area contributed by atoms with Crippen molar-refractivity contribution in [3.8, 4) is 5.75 Å². The lowest BCUT2D eigenvalue weighted by Crippen LogP contribution is -2.20. The van der Waals surface area contributed by atoms with Gasteiger partial charge in [-0.3, -0.25) is 4.79 Å². The molecule has 0 saturated carbocycles. The number of benzene rings is 1. The Kier molecular flexibility index (Phi) is 3.99. The molecule has 0 spiro atoms. The number of nitrogens with two attached hydrogens (primary N) is 2. The molecule has 0 saturated heterocycles. The predicted octanol–water partition coefficient (Wildman–Crippen LogP) is 0.520. The lowest BCUT2D eigenvalue weighted by Gasteiger charge is -2.06. The number of amides is 1. The van der Waals surface area contributed by atoms with Gasteiger partial charge >= 0.3 is 0 Å². The molecule has 0 bridgehead atoms. The van der Waals surface area contributed by atoms with Crippen molar-refractivity contribution in [2.24, 2.45) is 10.8 Å². The highest BCUT2D eigenvalue weighted by Gasteiger charge is 2.03. The lowest BCUT2D eigenvalue weighted by molar-refractivity contribution is -0.119. The second-order valence-electron chi connectivity index (χ2n) is 4.12. The molecule has 7 heteroatoms. The Bertz CT molecular complexity index is 648. The number of hydrogen-bond donors (Lipinski definition) is 2. The zero-order chi connectivity index (χ0) is 14.5. The Morgan fingerprint density at radius 3 is 2.90 bits per heavy atom. The highest BCUT2D eigenvalue weighted by atomic mass is 16.5. The molecule has 0 aliphatic carbocycles. The lowest BCUT2D eigenvalue weighted by atomic mass is 10.2. The van der Waals surface area contributed by atoms with Crippen LogP contribution in [0.1, 0.15) is 11.3 Å². The van der Waals surface area contributed by atoms with E-state index in [0.717, 1.165) is 5.69 Å². The normalized spacial score (nSPS) is 10.8. The van der Waals surface area contributed by atoms with Crippen LogP contribution in [0.2, 0.25) is 0 Å². The number of ether oxygens (including phenoxy) is 1. The minimum absolute atomic E-state index is 0.183. The monoisotopic (exact) mass is 273 g/mol. The van der Waals surface area contributed by atoms with Gasteiger partial charge < -0.3 is 16.2 Å². The minimum atomic E-state index is -0.536. The summed E-state index contributed by atoms with van der Waals surface area (Å²) in [7, 11) is 0. The topological polar surface area (TPSA) is 109 Å². The summed E-state index contributed by atoms with van der Waals surface area (Å²) < 4.78 is 6.76. The molecule has 1 aromatic heterocycles. The molecule has 2 aromatic rings. The number of nitrogens with zero attached hydrogens (tertiary/aromatic N) is 3. The van der Waals surface area contributed by atoms with Crippen molar-refractivity contribution < 1.29 is 9.53 Å². The van der Waals surface area contributed by atoms with Crippen LogP contribution in [0.3, 0.4) is 0 Å². The summed E-state index contributed by atoms with van der Waals surface area (Å²) in [6, 6.07) is 7.16. The number of carbonyl (C=O) groups excluding carboxylic acids is 1. The maximum atomic E-state index is 10.7. The first-order valence-electron chi connectivity index (χ1n) is 5.92. The molecule has 0 unspecified atom stereocenters. The Balaban J connectivity index is 2.20. The van der Waals surface area contributed by atoms with Gasteiger partial charge in [-0.1, -0.05) is 12.1 Å². The van der Waals surface area contributed by atoms with Crippen molar-refractivity contribution in [1.82, 2.24) is 9.66 Å². The zero-order valence-corrected chi connectivity index (χ0v) is 11.0. The van der Waals surface area contributed by atoms with Crippen molar-refractivity contribution in [2.75, 3.05) is 12.3 Å². The van der Waals surface area contributed by atoms with Gasteiger partial charge in [-0.15, -0.1) is 0 Å². The van der Waals surface area contributed by atoms with Crippen LogP contribution < -0.4 is 16.2 Å². The van der Waals surface area contributed by atoms with Crippen molar-refractivity contribution in [3.63, 3.8) is 0 Å². The number of para-hydroxylation sites is 1. The van der Waals surface area contributed by atoms with E-state index in [9.17, 15) is 4.79 Å². The SMILES string of the molecule is Cc1cn(N=Cc2ccccc2OCC(N)=O)c(N)n1. The van der Waals surface area contributed by atoms with E-state index in [1.165, 1.54) is 4.68 Å². The number of imidazole rings is 1. The van der Waals surface area contributed by atoms with Crippen LogP contribution in [0.4, 0.5) is 5.95 Å². The molecular formula is C13H15N5O2. The summed E-state index contributed by atoms with van der Waals surface area (Å²) in [6.07, 6.45) is 3.28. The smallest absolute Gasteiger partial charge is 0.255 e. The fourth-order valence-corrected chi connectivity index (χ4v) is 1.59. The summed E-state index contributed by atoms with van der Waals surface area (Å²) >= 11 is 0. The number of rotatable bonds is 5. The molecule has 104 valence electrons. The molecule has 0 radical (unpaired) electrons. The fourth-order valence-electron chi connectivity index (χ4n) is 1.59. The van der Waals surface area contributed by atoms with Gasteiger partial charge in [0.1, 0.15) is 5.75 Å². The average molecular weight is 273 g/mol. The van der Waals surface area contributed by atoms with Crippen LogP contribution >= 0.6 is 0 Å². The molecule has 0 atom stereocenters. The Hall–Kier alpha value is -2.83.